The van der Waals surface area contributed by atoms with Crippen LogP contribution in [0.25, 0.3) is 0 Å². The highest BCUT2D eigenvalue weighted by atomic mass is 32.2. The molecule has 1 unspecified atom stereocenters. The molecule has 2 aromatic rings. The minimum absolute atomic E-state index is 0.0534. The van der Waals surface area contributed by atoms with Crippen molar-refractivity contribution in [2.45, 2.75) is 45.2 Å². The van der Waals surface area contributed by atoms with E-state index in [1.807, 2.05) is 61.5 Å². The number of benzene rings is 2. The second-order valence-corrected chi connectivity index (χ2v) is 8.87. The van der Waals surface area contributed by atoms with Gasteiger partial charge in [-0.2, -0.15) is 9.57 Å². The Balaban J connectivity index is 2.22. The summed E-state index contributed by atoms with van der Waals surface area (Å²) in [6.07, 6.45) is 2.03. The Morgan fingerprint density at radius 2 is 1.75 bits per heavy atom. The van der Waals surface area contributed by atoms with Crippen LogP contribution in [-0.4, -0.2) is 31.6 Å². The first-order valence-corrected chi connectivity index (χ1v) is 11.1. The lowest BCUT2D eigenvalue weighted by Crippen LogP contribution is -2.40. The molecule has 2 rings (SSSR count). The summed E-state index contributed by atoms with van der Waals surface area (Å²) in [5.41, 5.74) is 1.94. The number of nitrogens with zero attached hydrogens (tertiary/aromatic N) is 2. The zero-order chi connectivity index (χ0) is 20.4. The first-order valence-electron chi connectivity index (χ1n) is 9.50. The van der Waals surface area contributed by atoms with Gasteiger partial charge in [0.1, 0.15) is 5.75 Å². The second-order valence-electron chi connectivity index (χ2n) is 6.83. The smallest absolute Gasteiger partial charge is 0.214 e. The number of rotatable bonds is 11. The van der Waals surface area contributed by atoms with E-state index in [9.17, 15) is 8.42 Å². The number of ether oxygens (including phenoxy) is 1. The van der Waals surface area contributed by atoms with Crippen LogP contribution in [0.15, 0.2) is 54.6 Å². The van der Waals surface area contributed by atoms with Gasteiger partial charge in [0.25, 0.3) is 0 Å². The van der Waals surface area contributed by atoms with Crippen LogP contribution in [0.5, 0.6) is 5.75 Å². The molecule has 28 heavy (non-hydrogen) atoms. The van der Waals surface area contributed by atoms with E-state index in [-0.39, 0.29) is 11.8 Å². The molecule has 0 fully saturated rings. The number of hydrogen-bond donors (Lipinski definition) is 0. The lowest BCUT2D eigenvalue weighted by Gasteiger charge is -2.29. The Morgan fingerprint density at radius 3 is 2.43 bits per heavy atom. The highest BCUT2D eigenvalue weighted by Gasteiger charge is 2.27. The van der Waals surface area contributed by atoms with Crippen LogP contribution < -0.4 is 4.74 Å². The molecular weight excluding hydrogens is 372 g/mol. The molecule has 0 aliphatic rings. The molecule has 5 nitrogen and oxygen atoms in total. The van der Waals surface area contributed by atoms with E-state index < -0.39 is 10.0 Å². The van der Waals surface area contributed by atoms with Crippen LogP contribution in [0.3, 0.4) is 0 Å². The molecule has 6 heteroatoms. The summed E-state index contributed by atoms with van der Waals surface area (Å²) in [4.78, 5) is 0. The number of para-hydroxylation sites is 1. The van der Waals surface area contributed by atoms with Crippen molar-refractivity contribution in [2.75, 3.05) is 12.9 Å². The first-order chi connectivity index (χ1) is 13.5. The standard InChI is InChI=1S/C22H28N2O3S/c1-19(17-21-13-7-8-14-22(21)27-2)24(18-20-11-5-3-6-12-20)28(25,26)16-10-4-9-15-23/h3,5-8,11-14,19H,4,9-10,16-18H2,1-2H3. The summed E-state index contributed by atoms with van der Waals surface area (Å²) in [6.45, 7) is 2.26. The monoisotopic (exact) mass is 400 g/mol. The van der Waals surface area contributed by atoms with Gasteiger partial charge in [0.2, 0.25) is 10.0 Å². The lowest BCUT2D eigenvalue weighted by molar-refractivity contribution is 0.323. The van der Waals surface area contributed by atoms with Gasteiger partial charge in [0.15, 0.2) is 0 Å². The molecule has 2 aromatic carbocycles. The molecule has 0 bridgehead atoms. The fraction of sp³-hybridized carbons (Fsp3) is 0.409. The van der Waals surface area contributed by atoms with E-state index in [4.69, 9.17) is 10.00 Å². The van der Waals surface area contributed by atoms with Gasteiger partial charge in [-0.15, -0.1) is 0 Å². The molecule has 0 radical (unpaired) electrons. The van der Waals surface area contributed by atoms with Gasteiger partial charge in [-0.25, -0.2) is 8.42 Å². The van der Waals surface area contributed by atoms with Gasteiger partial charge in [-0.05, 0) is 43.4 Å². The average Bonchev–Trinajstić information content (AvgIpc) is 2.70. The van der Waals surface area contributed by atoms with Crippen molar-refractivity contribution in [2.24, 2.45) is 0 Å². The highest BCUT2D eigenvalue weighted by molar-refractivity contribution is 7.89. The third-order valence-electron chi connectivity index (χ3n) is 4.68. The Bertz CT molecular complexity index is 876. The normalized spacial score (nSPS) is 12.5. The average molecular weight is 401 g/mol. The summed E-state index contributed by atoms with van der Waals surface area (Å²) in [5.74, 6) is 0.818. The molecule has 0 heterocycles. The molecule has 0 amide bonds. The molecule has 0 aromatic heterocycles. The van der Waals surface area contributed by atoms with Crippen LogP contribution in [-0.2, 0) is 23.0 Å². The van der Waals surface area contributed by atoms with Crippen LogP contribution in [0.1, 0.15) is 37.3 Å². The van der Waals surface area contributed by atoms with Gasteiger partial charge < -0.3 is 4.74 Å². The van der Waals surface area contributed by atoms with E-state index in [0.717, 1.165) is 16.9 Å². The van der Waals surface area contributed by atoms with Crippen LogP contribution >= 0.6 is 0 Å². The van der Waals surface area contributed by atoms with Gasteiger partial charge in [-0.3, -0.25) is 0 Å². The summed E-state index contributed by atoms with van der Waals surface area (Å²) in [5, 5.41) is 8.68. The van der Waals surface area contributed by atoms with Crippen molar-refractivity contribution in [1.82, 2.24) is 4.31 Å². The number of unbranched alkanes of at least 4 members (excludes halogenated alkanes) is 2. The maximum Gasteiger partial charge on any atom is 0.214 e. The summed E-state index contributed by atoms with van der Waals surface area (Å²) >= 11 is 0. The number of sulfonamides is 1. The summed E-state index contributed by atoms with van der Waals surface area (Å²) < 4.78 is 33.2. The Hall–Kier alpha value is -2.36. The Morgan fingerprint density at radius 1 is 1.07 bits per heavy atom. The largest absolute Gasteiger partial charge is 0.496 e. The topological polar surface area (TPSA) is 70.4 Å². The zero-order valence-electron chi connectivity index (χ0n) is 16.5. The molecule has 0 saturated carbocycles. The van der Waals surface area contributed by atoms with E-state index in [1.165, 1.54) is 0 Å². The Labute approximate surface area is 168 Å². The van der Waals surface area contributed by atoms with Gasteiger partial charge in [-0.1, -0.05) is 48.5 Å². The Kier molecular flexibility index (Phi) is 8.49. The van der Waals surface area contributed by atoms with Gasteiger partial charge >= 0.3 is 0 Å². The maximum atomic E-state index is 13.1. The molecule has 0 spiro atoms. The van der Waals surface area contributed by atoms with Crippen molar-refractivity contribution < 1.29 is 13.2 Å². The number of methoxy groups -OCH3 is 1. The van der Waals surface area contributed by atoms with E-state index >= 15 is 0 Å². The van der Waals surface area contributed by atoms with Crippen molar-refractivity contribution in [3.8, 4) is 11.8 Å². The van der Waals surface area contributed by atoms with Crippen LogP contribution in [0.2, 0.25) is 0 Å². The fourth-order valence-electron chi connectivity index (χ4n) is 3.19. The van der Waals surface area contributed by atoms with Crippen molar-refractivity contribution in [3.05, 3.63) is 65.7 Å². The lowest BCUT2D eigenvalue weighted by atomic mass is 10.1. The third kappa shape index (κ3) is 6.36. The highest BCUT2D eigenvalue weighted by Crippen LogP contribution is 2.23. The minimum atomic E-state index is -3.46. The third-order valence-corrected chi connectivity index (χ3v) is 6.69. The van der Waals surface area contributed by atoms with E-state index in [0.29, 0.717) is 32.2 Å². The zero-order valence-corrected chi connectivity index (χ0v) is 17.4. The minimum Gasteiger partial charge on any atom is -0.496 e. The quantitative estimate of drug-likeness (QED) is 0.531. The predicted molar refractivity (Wildman–Crippen MR) is 111 cm³/mol. The maximum absolute atomic E-state index is 13.1. The molecule has 0 aliphatic heterocycles. The first kappa shape index (κ1) is 21.9. The molecular formula is C22H28N2O3S. The van der Waals surface area contributed by atoms with Crippen molar-refractivity contribution >= 4 is 10.0 Å². The van der Waals surface area contributed by atoms with E-state index in [2.05, 4.69) is 6.07 Å². The van der Waals surface area contributed by atoms with Gasteiger partial charge in [0, 0.05) is 19.0 Å². The van der Waals surface area contributed by atoms with Gasteiger partial charge in [0.05, 0.1) is 18.9 Å². The number of hydrogen-bond acceptors (Lipinski definition) is 4. The second kappa shape index (κ2) is 10.8. The molecule has 150 valence electrons. The van der Waals surface area contributed by atoms with Crippen LogP contribution in [0, 0.1) is 11.3 Å². The fourth-order valence-corrected chi connectivity index (χ4v) is 4.96. The van der Waals surface area contributed by atoms with Crippen molar-refractivity contribution in [1.29, 1.82) is 5.26 Å². The molecule has 0 N–H and O–H groups in total. The van der Waals surface area contributed by atoms with Crippen LogP contribution in [0.4, 0.5) is 0 Å². The van der Waals surface area contributed by atoms with Crippen molar-refractivity contribution in [3.63, 3.8) is 0 Å². The molecule has 1 atom stereocenters. The predicted octanol–water partition coefficient (Wildman–Crippen LogP) is 4.15. The molecule has 0 aliphatic carbocycles. The number of nitriles is 1. The summed E-state index contributed by atoms with van der Waals surface area (Å²) in [6, 6.07) is 19.2. The van der Waals surface area contributed by atoms with E-state index in [1.54, 1.807) is 11.4 Å². The summed E-state index contributed by atoms with van der Waals surface area (Å²) in [7, 11) is -1.83. The SMILES string of the molecule is COc1ccccc1CC(C)N(Cc1ccccc1)S(=O)(=O)CCCCC#N. The molecule has 0 saturated heterocycles.